The zero-order valence-electron chi connectivity index (χ0n) is 24.7. The number of hydrogen-bond donors (Lipinski definition) is 4. The fourth-order valence-corrected chi connectivity index (χ4v) is 6.43. The molecule has 1 heterocycles. The van der Waals surface area contributed by atoms with Crippen LogP contribution < -0.4 is 50.2 Å². The van der Waals surface area contributed by atoms with Crippen LogP contribution in [0.1, 0.15) is 45.2 Å². The van der Waals surface area contributed by atoms with Crippen LogP contribution in [0.4, 0.5) is 23.1 Å². The van der Waals surface area contributed by atoms with E-state index in [1.54, 1.807) is 25.3 Å². The Labute approximate surface area is 269 Å². The third-order valence-electron chi connectivity index (χ3n) is 6.31. The monoisotopic (exact) mass is 624 g/mol. The van der Waals surface area contributed by atoms with E-state index in [0.29, 0.717) is 24.3 Å². The Bertz CT molecular complexity index is 1640. The largest absolute Gasteiger partial charge is 1.00 e. The summed E-state index contributed by atoms with van der Waals surface area (Å²) in [5, 5.41) is 8.76. The molecule has 1 aromatic heterocycles. The topological polar surface area (TPSA) is 176 Å². The van der Waals surface area contributed by atoms with Gasteiger partial charge in [0.15, 0.2) is 9.84 Å². The minimum Gasteiger partial charge on any atom is -1.00 e. The Morgan fingerprint density at radius 2 is 1.55 bits per heavy atom. The first kappa shape index (κ1) is 33.5. The molecule has 2 amide bonds. The Hall–Kier alpha value is -3.04. The minimum atomic E-state index is -3.94. The van der Waals surface area contributed by atoms with Gasteiger partial charge in [0.05, 0.1) is 15.9 Å². The number of anilines is 4. The summed E-state index contributed by atoms with van der Waals surface area (Å²) in [6.45, 7) is 3.70. The smallest absolute Gasteiger partial charge is 1.00 e. The number of carbonyl (C=O) groups excluding carboxylic acids is 2. The van der Waals surface area contributed by atoms with Gasteiger partial charge in [-0.05, 0) is 61.7 Å². The zero-order valence-corrected chi connectivity index (χ0v) is 27.3. The van der Waals surface area contributed by atoms with Crippen LogP contribution in [0.3, 0.4) is 0 Å². The van der Waals surface area contributed by atoms with E-state index < -0.39 is 25.8 Å². The van der Waals surface area contributed by atoms with E-state index in [-0.39, 0.29) is 78.1 Å². The maximum Gasteiger partial charge on any atom is 1.00 e. The van der Waals surface area contributed by atoms with Gasteiger partial charge < -0.3 is 17.4 Å². The molecule has 0 spiro atoms. The van der Waals surface area contributed by atoms with Crippen LogP contribution in [-0.4, -0.2) is 49.6 Å². The standard InChI is InChI=1S/C27H32N6O6S2.Na.H/c1-3-24(34)33-41(38,39)23-10-8-21(9-11-23)31-27-29-16-18(2)26(32-27)30-20-6-4-19(5-7-20)17-28-25(35)14-15-40(36,37)22-12-13-22;;/h4-11,16,22H,3,12-15,17H2,1-2H3,(H,28,35)(H,33,34)(H2,29,30,31,32);;/q;+1;-1. The van der Waals surface area contributed by atoms with Crippen LogP contribution in [0.2, 0.25) is 0 Å². The fourth-order valence-electron chi connectivity index (χ4n) is 3.72. The maximum absolute atomic E-state index is 12.3. The van der Waals surface area contributed by atoms with Crippen LogP contribution in [0, 0.1) is 6.92 Å². The van der Waals surface area contributed by atoms with Crippen LogP contribution >= 0.6 is 0 Å². The van der Waals surface area contributed by atoms with Gasteiger partial charge in [0.25, 0.3) is 10.0 Å². The number of benzene rings is 2. The average molecular weight is 625 g/mol. The predicted molar refractivity (Wildman–Crippen MR) is 156 cm³/mol. The number of aryl methyl sites for hydroxylation is 1. The number of nitrogens with one attached hydrogen (secondary N) is 4. The zero-order chi connectivity index (χ0) is 29.6. The van der Waals surface area contributed by atoms with Gasteiger partial charge in [-0.15, -0.1) is 0 Å². The second kappa shape index (κ2) is 14.4. The van der Waals surface area contributed by atoms with E-state index in [0.717, 1.165) is 16.8 Å². The molecule has 4 rings (SSSR count). The molecule has 0 radical (unpaired) electrons. The minimum absolute atomic E-state index is 0. The van der Waals surface area contributed by atoms with E-state index >= 15 is 0 Å². The Kier molecular flexibility index (Phi) is 11.5. The number of hydrogen-bond acceptors (Lipinski definition) is 10. The van der Waals surface area contributed by atoms with Crippen LogP contribution in [0.25, 0.3) is 0 Å². The van der Waals surface area contributed by atoms with Crippen molar-refractivity contribution in [3.05, 3.63) is 65.9 Å². The van der Waals surface area contributed by atoms with Gasteiger partial charge >= 0.3 is 29.6 Å². The Balaban J connectivity index is 0.00000323. The number of sulfonamides is 1. The summed E-state index contributed by atoms with van der Waals surface area (Å²) in [6.07, 6.45) is 3.05. The van der Waals surface area contributed by atoms with E-state index in [2.05, 4.69) is 25.9 Å². The molecule has 1 saturated carbocycles. The van der Waals surface area contributed by atoms with Crippen LogP contribution in [0.5, 0.6) is 0 Å². The summed E-state index contributed by atoms with van der Waals surface area (Å²) in [5.74, 6) is -0.158. The van der Waals surface area contributed by atoms with Crippen molar-refractivity contribution in [1.29, 1.82) is 0 Å². The molecule has 1 fully saturated rings. The van der Waals surface area contributed by atoms with Crippen molar-refractivity contribution in [3.8, 4) is 0 Å². The second-order valence-electron chi connectivity index (χ2n) is 9.67. The molecule has 0 aliphatic heterocycles. The number of rotatable bonds is 13. The van der Waals surface area contributed by atoms with Gasteiger partial charge in [-0.3, -0.25) is 9.59 Å². The molecule has 0 unspecified atom stereocenters. The van der Waals surface area contributed by atoms with Crippen LogP contribution in [0.15, 0.2) is 59.6 Å². The van der Waals surface area contributed by atoms with Crippen molar-refractivity contribution in [2.45, 2.75) is 56.2 Å². The van der Waals surface area contributed by atoms with Crippen LogP contribution in [-0.2, 0) is 36.0 Å². The van der Waals surface area contributed by atoms with Gasteiger partial charge in [-0.25, -0.2) is 26.5 Å². The van der Waals surface area contributed by atoms with Crippen molar-refractivity contribution < 1.29 is 57.4 Å². The molecular formula is C27H33N6NaO6S2. The van der Waals surface area contributed by atoms with Gasteiger partial charge in [0.2, 0.25) is 17.8 Å². The summed E-state index contributed by atoms with van der Waals surface area (Å²) in [7, 11) is -7.09. The molecule has 15 heteroatoms. The van der Waals surface area contributed by atoms with E-state index in [1.807, 2.05) is 35.9 Å². The summed E-state index contributed by atoms with van der Waals surface area (Å²) in [4.78, 5) is 32.3. The number of nitrogens with zero attached hydrogens (tertiary/aromatic N) is 2. The quantitative estimate of drug-likeness (QED) is 0.192. The van der Waals surface area contributed by atoms with Crippen molar-refractivity contribution >= 4 is 54.8 Å². The molecule has 3 aromatic rings. The van der Waals surface area contributed by atoms with Gasteiger partial charge in [0.1, 0.15) is 5.82 Å². The third-order valence-corrected chi connectivity index (χ3v) is 9.96. The molecular weight excluding hydrogens is 591 g/mol. The Morgan fingerprint density at radius 1 is 0.929 bits per heavy atom. The van der Waals surface area contributed by atoms with Gasteiger partial charge in [0, 0.05) is 42.5 Å². The summed E-state index contributed by atoms with van der Waals surface area (Å²) in [5.41, 5.74) is 2.96. The molecule has 12 nitrogen and oxygen atoms in total. The van der Waals surface area contributed by atoms with E-state index in [1.165, 1.54) is 12.1 Å². The summed E-state index contributed by atoms with van der Waals surface area (Å²) < 4.78 is 50.4. The first-order valence-electron chi connectivity index (χ1n) is 13.1. The maximum atomic E-state index is 12.3. The van der Waals surface area contributed by atoms with Crippen molar-refractivity contribution in [2.75, 3.05) is 16.4 Å². The molecule has 42 heavy (non-hydrogen) atoms. The molecule has 220 valence electrons. The first-order valence-corrected chi connectivity index (χ1v) is 16.3. The fraction of sp³-hybridized carbons (Fsp3) is 0.333. The van der Waals surface area contributed by atoms with Gasteiger partial charge in [-0.1, -0.05) is 19.1 Å². The molecule has 4 N–H and O–H groups in total. The number of sulfone groups is 1. The molecule has 1 aliphatic rings. The van der Waals surface area contributed by atoms with E-state index in [9.17, 15) is 26.4 Å². The number of aromatic nitrogens is 2. The molecule has 0 saturated heterocycles. The average Bonchev–Trinajstić information content (AvgIpc) is 3.80. The number of amides is 2. The first-order chi connectivity index (χ1) is 19.4. The SMILES string of the molecule is CCC(=O)NS(=O)(=O)c1ccc(Nc2ncc(C)c(Nc3ccc(CNC(=O)CCS(=O)(=O)C4CC4)cc3)n2)cc1.[H-].[Na+]. The molecule has 2 aromatic carbocycles. The molecule has 0 bridgehead atoms. The number of carbonyl (C=O) groups is 2. The van der Waals surface area contributed by atoms with E-state index in [4.69, 9.17) is 0 Å². The van der Waals surface area contributed by atoms with Crippen molar-refractivity contribution in [2.24, 2.45) is 0 Å². The third kappa shape index (κ3) is 9.49. The molecule has 0 atom stereocenters. The summed E-state index contributed by atoms with van der Waals surface area (Å²) in [6, 6.07) is 13.2. The second-order valence-corrected chi connectivity index (χ2v) is 13.8. The Morgan fingerprint density at radius 3 is 2.17 bits per heavy atom. The van der Waals surface area contributed by atoms with Gasteiger partial charge in [-0.2, -0.15) is 4.98 Å². The van der Waals surface area contributed by atoms with Crippen molar-refractivity contribution in [3.63, 3.8) is 0 Å². The molecule has 1 aliphatic carbocycles. The van der Waals surface area contributed by atoms with Crippen molar-refractivity contribution in [1.82, 2.24) is 20.0 Å². The predicted octanol–water partition coefficient (Wildman–Crippen LogP) is 0.187. The normalized spacial score (nSPS) is 13.0. The summed E-state index contributed by atoms with van der Waals surface area (Å²) >= 11 is 0.